The summed E-state index contributed by atoms with van der Waals surface area (Å²) < 4.78 is 0. The molecule has 17 heavy (non-hydrogen) atoms. The Bertz CT molecular complexity index is 253. The van der Waals surface area contributed by atoms with Crippen molar-refractivity contribution in [2.75, 3.05) is 13.7 Å². The third kappa shape index (κ3) is 3.21. The molecule has 0 spiro atoms. The predicted molar refractivity (Wildman–Crippen MR) is 71.1 cm³/mol. The molecule has 0 aromatic rings. The van der Waals surface area contributed by atoms with Gasteiger partial charge in [-0.25, -0.2) is 0 Å². The molecule has 2 fully saturated rings. The number of nitrogens with one attached hydrogen (secondary N) is 1. The molecule has 0 bridgehead atoms. The highest BCUT2D eigenvalue weighted by Crippen LogP contribution is 2.34. The number of hydrogen-bond donors (Lipinski definition) is 2. The molecule has 0 heterocycles. The third-order valence-corrected chi connectivity index (χ3v) is 4.60. The third-order valence-electron chi connectivity index (χ3n) is 4.60. The van der Waals surface area contributed by atoms with Gasteiger partial charge in [0.25, 0.3) is 0 Å². The largest absolute Gasteiger partial charge is 0.394 e. The van der Waals surface area contributed by atoms with E-state index >= 15 is 0 Å². The van der Waals surface area contributed by atoms with Crippen molar-refractivity contribution in [3.05, 3.63) is 0 Å². The first kappa shape index (κ1) is 13.3. The first-order valence-corrected chi connectivity index (χ1v) is 7.17. The van der Waals surface area contributed by atoms with E-state index in [1.54, 1.807) is 0 Å². The Morgan fingerprint density at radius 1 is 1.35 bits per heavy atom. The Balaban J connectivity index is 1.97. The van der Waals surface area contributed by atoms with Crippen LogP contribution >= 0.6 is 0 Å². The lowest BCUT2D eigenvalue weighted by Crippen LogP contribution is -2.56. The SMILES string of the molecule is CC(C)N(C)C1CCCC(CO)(NC2CC2)C1. The highest BCUT2D eigenvalue weighted by molar-refractivity contribution is 5.00. The maximum absolute atomic E-state index is 9.78. The maximum Gasteiger partial charge on any atom is 0.0613 e. The molecule has 0 radical (unpaired) electrons. The van der Waals surface area contributed by atoms with Gasteiger partial charge in [-0.3, -0.25) is 0 Å². The van der Waals surface area contributed by atoms with Crippen LogP contribution in [0.3, 0.4) is 0 Å². The number of hydrogen-bond acceptors (Lipinski definition) is 3. The molecule has 2 aliphatic rings. The Kier molecular flexibility index (Phi) is 4.11. The Labute approximate surface area is 106 Å². The molecule has 2 rings (SSSR count). The summed E-state index contributed by atoms with van der Waals surface area (Å²) in [6.45, 7) is 4.80. The number of rotatable bonds is 5. The molecule has 2 aliphatic carbocycles. The molecule has 0 saturated heterocycles. The minimum Gasteiger partial charge on any atom is -0.394 e. The van der Waals surface area contributed by atoms with E-state index in [1.807, 2.05) is 0 Å². The van der Waals surface area contributed by atoms with E-state index in [4.69, 9.17) is 0 Å². The summed E-state index contributed by atoms with van der Waals surface area (Å²) >= 11 is 0. The Hall–Kier alpha value is -0.120. The van der Waals surface area contributed by atoms with Crippen LogP contribution in [-0.4, -0.2) is 47.3 Å². The van der Waals surface area contributed by atoms with Crippen LogP contribution in [0, 0.1) is 0 Å². The quantitative estimate of drug-likeness (QED) is 0.768. The summed E-state index contributed by atoms with van der Waals surface area (Å²) in [4.78, 5) is 2.47. The van der Waals surface area contributed by atoms with E-state index in [1.165, 1.54) is 25.7 Å². The van der Waals surface area contributed by atoms with Crippen molar-refractivity contribution in [2.45, 2.75) is 76.0 Å². The molecule has 3 heteroatoms. The predicted octanol–water partition coefficient (Wildman–Crippen LogP) is 1.75. The van der Waals surface area contributed by atoms with Gasteiger partial charge in [0.05, 0.1) is 6.61 Å². The number of aliphatic hydroxyl groups is 1. The molecule has 2 saturated carbocycles. The van der Waals surface area contributed by atoms with Gasteiger partial charge in [0.15, 0.2) is 0 Å². The molecule has 3 nitrogen and oxygen atoms in total. The Morgan fingerprint density at radius 3 is 2.59 bits per heavy atom. The van der Waals surface area contributed by atoms with Crippen LogP contribution in [0.5, 0.6) is 0 Å². The highest BCUT2D eigenvalue weighted by atomic mass is 16.3. The molecule has 0 aliphatic heterocycles. The molecular formula is C14H28N2O. The fraction of sp³-hybridized carbons (Fsp3) is 1.00. The topological polar surface area (TPSA) is 35.5 Å². The van der Waals surface area contributed by atoms with Gasteiger partial charge >= 0.3 is 0 Å². The van der Waals surface area contributed by atoms with Crippen LogP contribution in [-0.2, 0) is 0 Å². The van der Waals surface area contributed by atoms with Gasteiger partial charge in [-0.05, 0) is 59.4 Å². The first-order valence-electron chi connectivity index (χ1n) is 7.17. The summed E-state index contributed by atoms with van der Waals surface area (Å²) in [5, 5.41) is 13.5. The average molecular weight is 240 g/mol. The number of nitrogens with zero attached hydrogens (tertiary/aromatic N) is 1. The van der Waals surface area contributed by atoms with Gasteiger partial charge in [-0.15, -0.1) is 0 Å². The monoisotopic (exact) mass is 240 g/mol. The summed E-state index contributed by atoms with van der Waals surface area (Å²) in [6.07, 6.45) is 7.36. The standard InChI is InChI=1S/C14H28N2O/c1-11(2)16(3)13-5-4-8-14(9-13,10-17)15-12-6-7-12/h11-13,15,17H,4-10H2,1-3H3. The fourth-order valence-corrected chi connectivity index (χ4v) is 3.08. The molecule has 2 atom stereocenters. The maximum atomic E-state index is 9.78. The van der Waals surface area contributed by atoms with Crippen LogP contribution in [0.25, 0.3) is 0 Å². The van der Waals surface area contributed by atoms with Gasteiger partial charge in [0, 0.05) is 23.7 Å². The lowest BCUT2D eigenvalue weighted by molar-refractivity contribution is 0.0573. The van der Waals surface area contributed by atoms with Crippen molar-refractivity contribution >= 4 is 0 Å². The normalized spacial score (nSPS) is 34.6. The summed E-state index contributed by atoms with van der Waals surface area (Å²) in [6, 6.07) is 1.91. The van der Waals surface area contributed by atoms with E-state index in [0.29, 0.717) is 24.7 Å². The molecular weight excluding hydrogens is 212 g/mol. The van der Waals surface area contributed by atoms with Crippen molar-refractivity contribution in [3.63, 3.8) is 0 Å². The second kappa shape index (κ2) is 5.25. The minimum absolute atomic E-state index is 0.00718. The van der Waals surface area contributed by atoms with Crippen LogP contribution in [0.1, 0.15) is 52.4 Å². The summed E-state index contributed by atoms with van der Waals surface area (Å²) in [7, 11) is 2.22. The van der Waals surface area contributed by atoms with Gasteiger partial charge in [0.2, 0.25) is 0 Å². The van der Waals surface area contributed by atoms with Crippen LogP contribution in [0.4, 0.5) is 0 Å². The van der Waals surface area contributed by atoms with Gasteiger partial charge in [-0.1, -0.05) is 0 Å². The lowest BCUT2D eigenvalue weighted by Gasteiger charge is -2.44. The zero-order valence-electron chi connectivity index (χ0n) is 11.6. The van der Waals surface area contributed by atoms with Gasteiger partial charge in [-0.2, -0.15) is 0 Å². The smallest absolute Gasteiger partial charge is 0.0613 e. The minimum atomic E-state index is 0.00718. The van der Waals surface area contributed by atoms with Crippen molar-refractivity contribution in [3.8, 4) is 0 Å². The fourth-order valence-electron chi connectivity index (χ4n) is 3.08. The molecule has 0 aromatic heterocycles. The molecule has 0 amide bonds. The van der Waals surface area contributed by atoms with Crippen molar-refractivity contribution in [1.82, 2.24) is 10.2 Å². The van der Waals surface area contributed by atoms with E-state index in [2.05, 4.69) is 31.1 Å². The first-order chi connectivity index (χ1) is 8.06. The number of aliphatic hydroxyl groups excluding tert-OH is 1. The van der Waals surface area contributed by atoms with Crippen molar-refractivity contribution < 1.29 is 5.11 Å². The average Bonchev–Trinajstić information content (AvgIpc) is 3.12. The van der Waals surface area contributed by atoms with Crippen molar-refractivity contribution in [2.24, 2.45) is 0 Å². The molecule has 2 unspecified atom stereocenters. The lowest BCUT2D eigenvalue weighted by atomic mass is 9.78. The van der Waals surface area contributed by atoms with Gasteiger partial charge in [0.1, 0.15) is 0 Å². The van der Waals surface area contributed by atoms with E-state index in [-0.39, 0.29) is 5.54 Å². The van der Waals surface area contributed by atoms with Gasteiger partial charge < -0.3 is 15.3 Å². The summed E-state index contributed by atoms with van der Waals surface area (Å²) in [5.74, 6) is 0. The second-order valence-corrected chi connectivity index (χ2v) is 6.37. The van der Waals surface area contributed by atoms with Crippen LogP contribution in [0.15, 0.2) is 0 Å². The highest BCUT2D eigenvalue weighted by Gasteiger charge is 2.40. The van der Waals surface area contributed by atoms with Crippen molar-refractivity contribution in [1.29, 1.82) is 0 Å². The van der Waals surface area contributed by atoms with E-state index < -0.39 is 0 Å². The second-order valence-electron chi connectivity index (χ2n) is 6.37. The van der Waals surface area contributed by atoms with E-state index in [0.717, 1.165) is 12.8 Å². The van der Waals surface area contributed by atoms with Crippen LogP contribution < -0.4 is 5.32 Å². The Morgan fingerprint density at radius 2 is 2.06 bits per heavy atom. The zero-order valence-corrected chi connectivity index (χ0v) is 11.6. The zero-order chi connectivity index (χ0) is 12.5. The summed E-state index contributed by atoms with van der Waals surface area (Å²) in [5.41, 5.74) is 0.00718. The molecule has 2 N–H and O–H groups in total. The van der Waals surface area contributed by atoms with Crippen LogP contribution in [0.2, 0.25) is 0 Å². The molecule has 100 valence electrons. The molecule has 0 aromatic carbocycles. The van der Waals surface area contributed by atoms with E-state index in [9.17, 15) is 5.11 Å².